The number of aliphatic imine (C=N–C) groups is 1. The van der Waals surface area contributed by atoms with E-state index in [2.05, 4.69) is 14.9 Å². The fourth-order valence-corrected chi connectivity index (χ4v) is 6.82. The van der Waals surface area contributed by atoms with E-state index in [4.69, 9.17) is 15.7 Å². The predicted octanol–water partition coefficient (Wildman–Crippen LogP) is 3.28. The highest BCUT2D eigenvalue weighted by atomic mass is 32.2. The summed E-state index contributed by atoms with van der Waals surface area (Å²) in [6, 6.07) is 3.71. The van der Waals surface area contributed by atoms with Gasteiger partial charge in [-0.1, -0.05) is 38.5 Å². The lowest BCUT2D eigenvalue weighted by atomic mass is 9.91. The van der Waals surface area contributed by atoms with Crippen LogP contribution in [0.1, 0.15) is 77.0 Å². The fraction of sp³-hybridized carbons (Fsp3) is 0.741. The average molecular weight is 548 g/mol. The van der Waals surface area contributed by atoms with Gasteiger partial charge in [0.05, 0.1) is 13.2 Å². The lowest BCUT2D eigenvalue weighted by molar-refractivity contribution is 0.0351. The molecule has 1 saturated heterocycles. The summed E-state index contributed by atoms with van der Waals surface area (Å²) in [5, 5.41) is 8.88. The van der Waals surface area contributed by atoms with Gasteiger partial charge in [0.15, 0.2) is 0 Å². The van der Waals surface area contributed by atoms with Gasteiger partial charge in [0.25, 0.3) is 0 Å². The SMILES string of the molecule is N#CN=C(N)N(CCCCCCCCN([SH](=O)=O)C1(CCCN2CCOCC2)CCCC1)c1ccncc1. The van der Waals surface area contributed by atoms with Gasteiger partial charge in [0, 0.05) is 49.8 Å². The van der Waals surface area contributed by atoms with Crippen molar-refractivity contribution in [3.63, 3.8) is 0 Å². The molecular weight excluding hydrogens is 502 g/mol. The molecule has 0 spiro atoms. The van der Waals surface area contributed by atoms with Gasteiger partial charge >= 0.3 is 0 Å². The molecule has 2 heterocycles. The van der Waals surface area contributed by atoms with Crippen LogP contribution in [0, 0.1) is 11.5 Å². The molecule has 0 radical (unpaired) electrons. The van der Waals surface area contributed by atoms with Crippen LogP contribution in [0.3, 0.4) is 0 Å². The van der Waals surface area contributed by atoms with Crippen LogP contribution in [-0.2, 0) is 15.6 Å². The number of unbranched alkanes of at least 4 members (excludes halogenated alkanes) is 5. The smallest absolute Gasteiger partial charge is 0.211 e. The highest BCUT2D eigenvalue weighted by Gasteiger charge is 2.40. The van der Waals surface area contributed by atoms with Crippen LogP contribution in [0.5, 0.6) is 0 Å². The van der Waals surface area contributed by atoms with Gasteiger partial charge in [0.1, 0.15) is 0 Å². The molecule has 11 heteroatoms. The average Bonchev–Trinajstić information content (AvgIpc) is 3.40. The molecule has 0 amide bonds. The van der Waals surface area contributed by atoms with Crippen LogP contribution in [0.15, 0.2) is 29.5 Å². The summed E-state index contributed by atoms with van der Waals surface area (Å²) >= 11 is 0. The topological polar surface area (TPSA) is 128 Å². The van der Waals surface area contributed by atoms with Crippen LogP contribution in [0.25, 0.3) is 0 Å². The number of thiol groups is 1. The van der Waals surface area contributed by atoms with E-state index in [0.717, 1.165) is 116 Å². The lowest BCUT2D eigenvalue weighted by Gasteiger charge is -2.38. The van der Waals surface area contributed by atoms with Crippen molar-refractivity contribution in [1.82, 2.24) is 14.2 Å². The monoisotopic (exact) mass is 547 g/mol. The van der Waals surface area contributed by atoms with Gasteiger partial charge in [0.2, 0.25) is 23.0 Å². The minimum absolute atomic E-state index is 0.178. The number of anilines is 1. The third-order valence-electron chi connectivity index (χ3n) is 7.92. The van der Waals surface area contributed by atoms with Crippen LogP contribution >= 0.6 is 0 Å². The molecule has 1 aromatic rings. The molecule has 0 aromatic carbocycles. The highest BCUT2D eigenvalue weighted by molar-refractivity contribution is 7.69. The van der Waals surface area contributed by atoms with Gasteiger partial charge in [-0.25, -0.2) is 8.42 Å². The Morgan fingerprint density at radius 2 is 1.68 bits per heavy atom. The van der Waals surface area contributed by atoms with Gasteiger partial charge in [-0.2, -0.15) is 9.57 Å². The fourth-order valence-electron chi connectivity index (χ4n) is 5.87. The summed E-state index contributed by atoms with van der Waals surface area (Å²) in [6.45, 7) is 5.91. The van der Waals surface area contributed by atoms with E-state index in [-0.39, 0.29) is 11.5 Å². The standard InChI is InChI=1S/C27H45N7O3S/c28-24-31-26(29)33(25-10-15-30-16-11-25)18-7-3-1-2-4-8-19-34(38(35)36)27(12-5-6-13-27)14-9-17-32-20-22-37-23-21-32/h10-11,15-16,38H,1-9,12-14,17-23H2,(H2,29,31). The Balaban J connectivity index is 1.38. The van der Waals surface area contributed by atoms with Gasteiger partial charge in [-0.3, -0.25) is 9.88 Å². The molecule has 10 nitrogen and oxygen atoms in total. The molecule has 1 saturated carbocycles. The van der Waals surface area contributed by atoms with E-state index in [0.29, 0.717) is 13.1 Å². The molecule has 3 rings (SSSR count). The van der Waals surface area contributed by atoms with Crippen LogP contribution < -0.4 is 10.6 Å². The van der Waals surface area contributed by atoms with Crippen molar-refractivity contribution >= 4 is 22.5 Å². The van der Waals surface area contributed by atoms with E-state index in [9.17, 15) is 8.42 Å². The first-order valence-corrected chi connectivity index (χ1v) is 15.3. The number of rotatable bonds is 16. The number of morpholine rings is 1. The molecule has 0 bridgehead atoms. The van der Waals surface area contributed by atoms with E-state index in [1.807, 2.05) is 21.3 Å². The molecule has 0 atom stereocenters. The normalized spacial score (nSPS) is 18.2. The zero-order chi connectivity index (χ0) is 27.1. The Hall–Kier alpha value is -2.26. The lowest BCUT2D eigenvalue weighted by Crippen LogP contribution is -2.47. The number of nitriles is 1. The van der Waals surface area contributed by atoms with Crippen molar-refractivity contribution in [3.8, 4) is 6.19 Å². The van der Waals surface area contributed by atoms with Crippen LogP contribution in [-0.4, -0.2) is 80.0 Å². The highest BCUT2D eigenvalue weighted by Crippen LogP contribution is 2.39. The summed E-state index contributed by atoms with van der Waals surface area (Å²) in [4.78, 5) is 12.0. The summed E-state index contributed by atoms with van der Waals surface area (Å²) in [5.74, 6) is 0.191. The van der Waals surface area contributed by atoms with E-state index in [1.165, 1.54) is 0 Å². The van der Waals surface area contributed by atoms with Crippen molar-refractivity contribution in [1.29, 1.82) is 5.26 Å². The quantitative estimate of drug-likeness (QED) is 0.106. The Morgan fingerprint density at radius 3 is 2.32 bits per heavy atom. The predicted molar refractivity (Wildman–Crippen MR) is 151 cm³/mol. The largest absolute Gasteiger partial charge is 0.379 e. The second kappa shape index (κ2) is 16.6. The Morgan fingerprint density at radius 1 is 1.05 bits per heavy atom. The molecule has 1 aliphatic heterocycles. The molecular formula is C27H45N7O3S. The molecule has 1 aliphatic carbocycles. The molecule has 212 valence electrons. The second-order valence-electron chi connectivity index (χ2n) is 10.4. The van der Waals surface area contributed by atoms with Crippen LogP contribution in [0.4, 0.5) is 5.69 Å². The Labute approximate surface area is 229 Å². The molecule has 0 unspecified atom stereocenters. The van der Waals surface area contributed by atoms with Gasteiger partial charge in [-0.05, 0) is 57.2 Å². The molecule has 1 aromatic heterocycles. The molecule has 2 aliphatic rings. The third kappa shape index (κ3) is 9.49. The second-order valence-corrected chi connectivity index (χ2v) is 11.4. The maximum Gasteiger partial charge on any atom is 0.211 e. The number of nitrogens with two attached hydrogens (primary N) is 1. The minimum atomic E-state index is -2.58. The van der Waals surface area contributed by atoms with Crippen molar-refractivity contribution in [3.05, 3.63) is 24.5 Å². The van der Waals surface area contributed by atoms with Crippen LogP contribution in [0.2, 0.25) is 0 Å². The van der Waals surface area contributed by atoms with Crippen molar-refractivity contribution in [2.24, 2.45) is 10.7 Å². The Bertz CT molecular complexity index is 947. The van der Waals surface area contributed by atoms with E-state index in [1.54, 1.807) is 18.6 Å². The van der Waals surface area contributed by atoms with Gasteiger partial charge < -0.3 is 15.4 Å². The third-order valence-corrected chi connectivity index (χ3v) is 8.93. The molecule has 2 N–H and O–H groups in total. The van der Waals surface area contributed by atoms with Gasteiger partial charge in [-0.15, -0.1) is 4.99 Å². The summed E-state index contributed by atoms with van der Waals surface area (Å²) < 4.78 is 31.9. The number of aromatic nitrogens is 1. The summed E-state index contributed by atoms with van der Waals surface area (Å²) in [6.07, 6.45) is 17.4. The number of hydrogen-bond donors (Lipinski definition) is 2. The number of guanidine groups is 1. The molecule has 2 fully saturated rings. The summed E-state index contributed by atoms with van der Waals surface area (Å²) in [5.41, 5.74) is 6.69. The van der Waals surface area contributed by atoms with E-state index >= 15 is 0 Å². The molecule has 38 heavy (non-hydrogen) atoms. The summed E-state index contributed by atoms with van der Waals surface area (Å²) in [7, 11) is -2.58. The first kappa shape index (κ1) is 30.3. The minimum Gasteiger partial charge on any atom is -0.379 e. The van der Waals surface area contributed by atoms with Crippen molar-refractivity contribution in [2.75, 3.05) is 50.8 Å². The van der Waals surface area contributed by atoms with Crippen molar-refractivity contribution < 1.29 is 13.2 Å². The first-order chi connectivity index (χ1) is 18.6. The first-order valence-electron chi connectivity index (χ1n) is 14.2. The Kier molecular flexibility index (Phi) is 13.3. The number of nitrogens with zero attached hydrogens (tertiary/aromatic N) is 6. The number of hydrogen-bond acceptors (Lipinski definition) is 7. The van der Waals surface area contributed by atoms with Crippen molar-refractivity contribution in [2.45, 2.75) is 82.6 Å². The number of ether oxygens (including phenoxy) is 1. The zero-order valence-corrected chi connectivity index (χ0v) is 23.6. The maximum atomic E-state index is 12.3. The van der Waals surface area contributed by atoms with E-state index < -0.39 is 10.9 Å². The maximum absolute atomic E-state index is 12.3. The number of pyridine rings is 1. The zero-order valence-electron chi connectivity index (χ0n) is 22.7.